The highest BCUT2D eigenvalue weighted by molar-refractivity contribution is 5.96. The number of pyridine rings is 1. The van der Waals surface area contributed by atoms with Crippen molar-refractivity contribution in [3.05, 3.63) is 23.9 Å². The van der Waals surface area contributed by atoms with Gasteiger partial charge in [-0.3, -0.25) is 4.79 Å². The van der Waals surface area contributed by atoms with Crippen LogP contribution in [0.2, 0.25) is 0 Å². The third-order valence-corrected chi connectivity index (χ3v) is 6.88. The van der Waals surface area contributed by atoms with Crippen LogP contribution in [-0.4, -0.2) is 64.2 Å². The van der Waals surface area contributed by atoms with Gasteiger partial charge in [0.15, 0.2) is 0 Å². The van der Waals surface area contributed by atoms with Crippen molar-refractivity contribution in [2.45, 2.75) is 102 Å². The maximum absolute atomic E-state index is 13.8. The summed E-state index contributed by atoms with van der Waals surface area (Å²) in [6, 6.07) is -1.76. The Morgan fingerprint density at radius 2 is 1.88 bits per heavy atom. The van der Waals surface area contributed by atoms with Gasteiger partial charge in [0.1, 0.15) is 23.5 Å². The second-order valence-corrected chi connectivity index (χ2v) is 11.3. The van der Waals surface area contributed by atoms with Crippen LogP contribution >= 0.6 is 0 Å². The molecule has 224 valence electrons. The number of hydrogen-bond acceptors (Lipinski definition) is 5. The van der Waals surface area contributed by atoms with Gasteiger partial charge in [-0.15, -0.1) is 0 Å². The molecule has 0 radical (unpaired) electrons. The van der Waals surface area contributed by atoms with Gasteiger partial charge >= 0.3 is 18.3 Å². The fourth-order valence-corrected chi connectivity index (χ4v) is 4.94. The van der Waals surface area contributed by atoms with Gasteiger partial charge in [0.25, 0.3) is 0 Å². The Labute approximate surface area is 229 Å². The molecule has 0 aromatic carbocycles. The quantitative estimate of drug-likeness (QED) is 0.352. The Balaban J connectivity index is 1.80. The number of alkyl halides is 5. The lowest BCUT2D eigenvalue weighted by Crippen LogP contribution is -2.51. The van der Waals surface area contributed by atoms with E-state index >= 15 is 0 Å². The molecule has 3 atom stereocenters. The molecule has 1 saturated carbocycles. The van der Waals surface area contributed by atoms with Gasteiger partial charge in [-0.1, -0.05) is 13.3 Å². The molecule has 40 heavy (non-hydrogen) atoms. The zero-order valence-corrected chi connectivity index (χ0v) is 22.9. The number of halogens is 5. The van der Waals surface area contributed by atoms with E-state index in [9.17, 15) is 36.3 Å². The molecule has 1 aromatic heterocycles. The molecule has 0 bridgehead atoms. The second kappa shape index (κ2) is 12.1. The van der Waals surface area contributed by atoms with Crippen LogP contribution in [0.25, 0.3) is 0 Å². The monoisotopic (exact) mass is 577 g/mol. The Kier molecular flexibility index (Phi) is 9.50. The number of rotatable bonds is 8. The Morgan fingerprint density at radius 3 is 2.42 bits per heavy atom. The highest BCUT2D eigenvalue weighted by Crippen LogP contribution is 2.38. The number of nitrogens with zero attached hydrogens (tertiary/aromatic N) is 2. The second-order valence-electron chi connectivity index (χ2n) is 11.3. The van der Waals surface area contributed by atoms with Gasteiger partial charge in [-0.05, 0) is 63.6 Å². The summed E-state index contributed by atoms with van der Waals surface area (Å²) in [7, 11) is 0. The zero-order valence-electron chi connectivity index (χ0n) is 22.9. The van der Waals surface area contributed by atoms with Crippen molar-refractivity contribution in [2.24, 2.45) is 5.92 Å². The van der Waals surface area contributed by atoms with Crippen LogP contribution in [0, 0.1) is 5.92 Å². The lowest BCUT2D eigenvalue weighted by molar-refractivity contribution is -0.150. The van der Waals surface area contributed by atoms with Crippen LogP contribution in [0.5, 0.6) is 0 Å². The number of nitrogens with one attached hydrogen (secondary N) is 3. The van der Waals surface area contributed by atoms with E-state index in [1.165, 1.54) is 12.3 Å². The molecule has 0 spiro atoms. The Hall–Kier alpha value is -3.19. The standard InChI is InChI=1S/C26H36F5N5O4/c1-5-6-17(36-14-18(26(29,30)31)33-22(36)38)16-9-12-32-19(13-16)34-21(37)20(35-23(39)40-24(2,3)4)15-7-10-25(27,28)11-8-15/h9,12-13,15,17-18,20H,5-8,10-11,14H2,1-4H3,(H,33,38)(H,35,39)(H,32,34,37)/t17-,18-,20-/m0/s1. The highest BCUT2D eigenvalue weighted by Gasteiger charge is 2.48. The van der Waals surface area contributed by atoms with Crippen LogP contribution in [0.1, 0.15) is 77.8 Å². The number of urea groups is 1. The van der Waals surface area contributed by atoms with E-state index in [4.69, 9.17) is 4.74 Å². The number of carbonyl (C=O) groups is 3. The summed E-state index contributed by atoms with van der Waals surface area (Å²) >= 11 is 0. The van der Waals surface area contributed by atoms with Crippen molar-refractivity contribution < 1.29 is 41.1 Å². The lowest BCUT2D eigenvalue weighted by Gasteiger charge is -2.33. The fourth-order valence-electron chi connectivity index (χ4n) is 4.94. The normalized spacial score (nSPS) is 21.4. The van der Waals surface area contributed by atoms with E-state index in [-0.39, 0.29) is 18.7 Å². The van der Waals surface area contributed by atoms with Gasteiger partial charge < -0.3 is 25.6 Å². The molecular formula is C26H36F5N5O4. The van der Waals surface area contributed by atoms with E-state index in [0.29, 0.717) is 18.4 Å². The minimum Gasteiger partial charge on any atom is -0.444 e. The number of aromatic nitrogens is 1. The Morgan fingerprint density at radius 1 is 1.23 bits per heavy atom. The minimum absolute atomic E-state index is 0.00261. The summed E-state index contributed by atoms with van der Waals surface area (Å²) in [5.74, 6) is -4.10. The molecule has 1 aliphatic heterocycles. The summed E-state index contributed by atoms with van der Waals surface area (Å²) < 4.78 is 72.6. The fraction of sp³-hybridized carbons (Fsp3) is 0.692. The molecule has 2 aliphatic rings. The minimum atomic E-state index is -4.60. The summed E-state index contributed by atoms with van der Waals surface area (Å²) in [6.07, 6.45) is -4.08. The number of amides is 4. The van der Waals surface area contributed by atoms with E-state index in [0.717, 1.165) is 4.90 Å². The van der Waals surface area contributed by atoms with Gasteiger partial charge in [0.2, 0.25) is 11.8 Å². The van der Waals surface area contributed by atoms with E-state index in [1.54, 1.807) is 26.8 Å². The van der Waals surface area contributed by atoms with Gasteiger partial charge in [-0.2, -0.15) is 13.2 Å². The number of carbonyl (C=O) groups excluding carboxylic acids is 3. The number of anilines is 1. The summed E-state index contributed by atoms with van der Waals surface area (Å²) in [5, 5.41) is 7.06. The van der Waals surface area contributed by atoms with Gasteiger partial charge in [-0.25, -0.2) is 23.4 Å². The maximum Gasteiger partial charge on any atom is 0.410 e. The topological polar surface area (TPSA) is 113 Å². The average Bonchev–Trinajstić information content (AvgIpc) is 3.22. The molecule has 0 unspecified atom stereocenters. The first-order valence-corrected chi connectivity index (χ1v) is 13.3. The zero-order chi connectivity index (χ0) is 29.9. The van der Waals surface area contributed by atoms with E-state index in [1.807, 2.05) is 12.2 Å². The van der Waals surface area contributed by atoms with Crippen molar-refractivity contribution in [3.8, 4) is 0 Å². The van der Waals surface area contributed by atoms with Crippen LogP contribution < -0.4 is 16.0 Å². The first-order valence-electron chi connectivity index (χ1n) is 13.3. The molecule has 3 N–H and O–H groups in total. The summed E-state index contributed by atoms with van der Waals surface area (Å²) in [4.78, 5) is 43.5. The molecule has 9 nitrogen and oxygen atoms in total. The van der Waals surface area contributed by atoms with Crippen molar-refractivity contribution in [3.63, 3.8) is 0 Å². The molecule has 3 rings (SSSR count). The van der Waals surface area contributed by atoms with Crippen LogP contribution in [0.4, 0.5) is 37.4 Å². The van der Waals surface area contributed by atoms with Crippen molar-refractivity contribution in [2.75, 3.05) is 11.9 Å². The van der Waals surface area contributed by atoms with Crippen LogP contribution in [0.3, 0.4) is 0 Å². The first kappa shape index (κ1) is 31.3. The van der Waals surface area contributed by atoms with Crippen LogP contribution in [-0.2, 0) is 9.53 Å². The average molecular weight is 578 g/mol. The lowest BCUT2D eigenvalue weighted by atomic mass is 9.81. The number of ether oxygens (including phenoxy) is 1. The van der Waals surface area contributed by atoms with Crippen molar-refractivity contribution >= 4 is 23.8 Å². The van der Waals surface area contributed by atoms with Crippen molar-refractivity contribution in [1.29, 1.82) is 0 Å². The van der Waals surface area contributed by atoms with E-state index in [2.05, 4.69) is 15.6 Å². The van der Waals surface area contributed by atoms with Crippen molar-refractivity contribution in [1.82, 2.24) is 20.5 Å². The van der Waals surface area contributed by atoms with E-state index < -0.39 is 79.2 Å². The summed E-state index contributed by atoms with van der Waals surface area (Å²) in [6.45, 7) is 6.19. The van der Waals surface area contributed by atoms with Gasteiger partial charge in [0.05, 0.1) is 12.6 Å². The smallest absolute Gasteiger partial charge is 0.410 e. The van der Waals surface area contributed by atoms with Gasteiger partial charge in [0, 0.05) is 19.0 Å². The third-order valence-electron chi connectivity index (χ3n) is 6.88. The molecule has 14 heteroatoms. The molecule has 1 aliphatic carbocycles. The molecular weight excluding hydrogens is 541 g/mol. The molecule has 2 fully saturated rings. The number of hydrogen-bond donors (Lipinski definition) is 3. The first-order chi connectivity index (χ1) is 18.5. The largest absolute Gasteiger partial charge is 0.444 e. The third kappa shape index (κ3) is 8.40. The molecule has 1 saturated heterocycles. The molecule has 2 heterocycles. The SMILES string of the molecule is CCC[C@@H](c1ccnc(NC(=O)[C@@H](NC(=O)OC(C)(C)C)C2CCC(F)(F)CC2)c1)N1C[C@@H](C(F)(F)F)NC1=O. The Bertz CT molecular complexity index is 1070. The molecule has 4 amide bonds. The molecule has 1 aromatic rings. The summed E-state index contributed by atoms with van der Waals surface area (Å²) in [5.41, 5.74) is -0.402. The maximum atomic E-state index is 13.8. The highest BCUT2D eigenvalue weighted by atomic mass is 19.4. The predicted molar refractivity (Wildman–Crippen MR) is 136 cm³/mol. The van der Waals surface area contributed by atoms with Crippen LogP contribution in [0.15, 0.2) is 18.3 Å². The predicted octanol–water partition coefficient (Wildman–Crippen LogP) is 5.54. The number of alkyl carbamates (subject to hydrolysis) is 1.